The zero-order valence-electron chi connectivity index (χ0n) is 12.4. The van der Waals surface area contributed by atoms with Crippen molar-refractivity contribution in [3.05, 3.63) is 57.8 Å². The molecule has 0 unspecified atom stereocenters. The van der Waals surface area contributed by atoms with Gasteiger partial charge in [-0.2, -0.15) is 0 Å². The molecule has 2 rings (SSSR count). The molecule has 2 N–H and O–H groups in total. The fourth-order valence-electron chi connectivity index (χ4n) is 1.95. The van der Waals surface area contributed by atoms with Gasteiger partial charge in [0, 0.05) is 0 Å². The van der Waals surface area contributed by atoms with E-state index in [9.17, 15) is 17.6 Å². The summed E-state index contributed by atoms with van der Waals surface area (Å²) in [7, 11) is -3.96. The van der Waals surface area contributed by atoms with Crippen LogP contribution < -0.4 is 10.0 Å². The quantitative estimate of drug-likeness (QED) is 0.821. The molecule has 9 heteroatoms. The highest BCUT2D eigenvalue weighted by Crippen LogP contribution is 2.29. The molecule has 2 aromatic rings. The van der Waals surface area contributed by atoms with Crippen molar-refractivity contribution in [2.45, 2.75) is 11.8 Å². The number of nitrogens with one attached hydrogen (secondary N) is 2. The summed E-state index contributed by atoms with van der Waals surface area (Å²) in [6, 6.07) is 7.95. The van der Waals surface area contributed by atoms with Crippen LogP contribution in [0.2, 0.25) is 10.0 Å². The second-order valence-electron chi connectivity index (χ2n) is 4.88. The molecule has 0 aliphatic carbocycles. The summed E-state index contributed by atoms with van der Waals surface area (Å²) in [5.41, 5.74) is 0.431. The second kappa shape index (κ2) is 7.48. The highest BCUT2D eigenvalue weighted by molar-refractivity contribution is 7.89. The molecule has 0 aromatic heterocycles. The van der Waals surface area contributed by atoms with Crippen LogP contribution in [0, 0.1) is 12.7 Å². The summed E-state index contributed by atoms with van der Waals surface area (Å²) in [6.45, 7) is 0.932. The van der Waals surface area contributed by atoms with Gasteiger partial charge in [0.05, 0.1) is 27.2 Å². The number of para-hydroxylation sites is 1. The fraction of sp³-hybridized carbons (Fsp3) is 0.133. The van der Waals surface area contributed by atoms with Gasteiger partial charge in [0.2, 0.25) is 15.9 Å². The number of anilines is 1. The first-order valence-electron chi connectivity index (χ1n) is 6.70. The molecule has 24 heavy (non-hydrogen) atoms. The lowest BCUT2D eigenvalue weighted by molar-refractivity contribution is -0.115. The van der Waals surface area contributed by atoms with Gasteiger partial charge in [-0.1, -0.05) is 29.3 Å². The number of amides is 1. The summed E-state index contributed by atoms with van der Waals surface area (Å²) in [5, 5.41) is 2.90. The Morgan fingerprint density at radius 2 is 1.79 bits per heavy atom. The molecule has 0 radical (unpaired) electrons. The van der Waals surface area contributed by atoms with E-state index in [2.05, 4.69) is 10.0 Å². The lowest BCUT2D eigenvalue weighted by Crippen LogP contribution is -2.33. The maximum absolute atomic E-state index is 13.1. The third-order valence-corrected chi connectivity index (χ3v) is 5.27. The normalized spacial score (nSPS) is 11.3. The topological polar surface area (TPSA) is 75.3 Å². The van der Waals surface area contributed by atoms with Crippen LogP contribution in [0.5, 0.6) is 0 Å². The van der Waals surface area contributed by atoms with E-state index in [-0.39, 0.29) is 26.2 Å². The van der Waals surface area contributed by atoms with Crippen molar-refractivity contribution in [3.63, 3.8) is 0 Å². The smallest absolute Gasteiger partial charge is 0.241 e. The molecular weight excluding hydrogens is 378 g/mol. The average molecular weight is 391 g/mol. The Labute approximate surface area is 148 Å². The minimum atomic E-state index is -3.96. The lowest BCUT2D eigenvalue weighted by atomic mass is 10.2. The predicted molar refractivity (Wildman–Crippen MR) is 91.4 cm³/mol. The highest BCUT2D eigenvalue weighted by Gasteiger charge is 2.19. The molecule has 128 valence electrons. The van der Waals surface area contributed by atoms with E-state index in [0.717, 1.165) is 18.2 Å². The second-order valence-corrected chi connectivity index (χ2v) is 7.43. The molecule has 0 spiro atoms. The fourth-order valence-corrected chi connectivity index (χ4v) is 3.65. The maximum Gasteiger partial charge on any atom is 0.241 e. The first-order valence-corrected chi connectivity index (χ1v) is 8.94. The molecule has 0 saturated carbocycles. The lowest BCUT2D eigenvalue weighted by Gasteiger charge is -2.11. The van der Waals surface area contributed by atoms with Crippen LogP contribution in [-0.4, -0.2) is 20.9 Å². The van der Waals surface area contributed by atoms with Gasteiger partial charge >= 0.3 is 0 Å². The van der Waals surface area contributed by atoms with E-state index in [0.29, 0.717) is 0 Å². The number of carbonyl (C=O) groups is 1. The molecular formula is C15H13Cl2FN2O3S. The predicted octanol–water partition coefficient (Wildman–Crippen LogP) is 3.36. The molecule has 0 fully saturated rings. The van der Waals surface area contributed by atoms with E-state index in [4.69, 9.17) is 23.2 Å². The average Bonchev–Trinajstić information content (AvgIpc) is 2.49. The summed E-state index contributed by atoms with van der Waals surface area (Å²) in [4.78, 5) is 11.8. The molecule has 0 saturated heterocycles. The van der Waals surface area contributed by atoms with E-state index in [1.54, 1.807) is 6.07 Å². The van der Waals surface area contributed by atoms with Gasteiger partial charge in [0.25, 0.3) is 0 Å². The van der Waals surface area contributed by atoms with Crippen LogP contribution in [0.1, 0.15) is 5.56 Å². The van der Waals surface area contributed by atoms with E-state index in [1.165, 1.54) is 19.1 Å². The number of rotatable bonds is 5. The minimum absolute atomic E-state index is 0.104. The van der Waals surface area contributed by atoms with Crippen LogP contribution in [0.15, 0.2) is 41.3 Å². The van der Waals surface area contributed by atoms with E-state index >= 15 is 0 Å². The third kappa shape index (κ3) is 4.45. The summed E-state index contributed by atoms with van der Waals surface area (Å²) < 4.78 is 39.6. The Balaban J connectivity index is 2.08. The molecule has 0 aliphatic heterocycles. The Morgan fingerprint density at radius 3 is 2.38 bits per heavy atom. The number of sulfonamides is 1. The van der Waals surface area contributed by atoms with Gasteiger partial charge in [-0.15, -0.1) is 0 Å². The van der Waals surface area contributed by atoms with E-state index < -0.39 is 28.3 Å². The SMILES string of the molecule is Cc1cc(F)ccc1S(=O)(=O)NCC(=O)Nc1c(Cl)cccc1Cl. The Bertz CT molecular complexity index is 868. The highest BCUT2D eigenvalue weighted by atomic mass is 35.5. The number of halogens is 3. The Morgan fingerprint density at radius 1 is 1.17 bits per heavy atom. The van der Waals surface area contributed by atoms with Crippen LogP contribution in [-0.2, 0) is 14.8 Å². The number of carbonyl (C=O) groups excluding carboxylic acids is 1. The Kier molecular flexibility index (Phi) is 5.82. The molecule has 2 aromatic carbocycles. The van der Waals surface area contributed by atoms with Crippen molar-refractivity contribution in [1.82, 2.24) is 4.72 Å². The van der Waals surface area contributed by atoms with Gasteiger partial charge in [-0.3, -0.25) is 4.79 Å². The van der Waals surface area contributed by atoms with Crippen LogP contribution in [0.25, 0.3) is 0 Å². The van der Waals surface area contributed by atoms with Gasteiger partial charge in [-0.25, -0.2) is 17.5 Å². The maximum atomic E-state index is 13.1. The molecule has 0 heterocycles. The first-order chi connectivity index (χ1) is 11.2. The monoisotopic (exact) mass is 390 g/mol. The Hall–Kier alpha value is -1.67. The van der Waals surface area contributed by atoms with E-state index in [1.807, 2.05) is 0 Å². The van der Waals surface area contributed by atoms with Crippen molar-refractivity contribution >= 4 is 44.8 Å². The molecule has 5 nitrogen and oxygen atoms in total. The van der Waals surface area contributed by atoms with Crippen LogP contribution in [0.3, 0.4) is 0 Å². The van der Waals surface area contributed by atoms with Crippen molar-refractivity contribution in [2.75, 3.05) is 11.9 Å². The summed E-state index contributed by atoms with van der Waals surface area (Å²) in [5.74, 6) is -1.19. The van der Waals surface area contributed by atoms with Crippen molar-refractivity contribution in [3.8, 4) is 0 Å². The van der Waals surface area contributed by atoms with Crippen LogP contribution in [0.4, 0.5) is 10.1 Å². The van der Waals surface area contributed by atoms with Crippen molar-refractivity contribution < 1.29 is 17.6 Å². The van der Waals surface area contributed by atoms with Gasteiger partial charge < -0.3 is 5.32 Å². The number of aryl methyl sites for hydroxylation is 1. The molecule has 0 aliphatic rings. The number of benzene rings is 2. The molecule has 0 bridgehead atoms. The van der Waals surface area contributed by atoms with Gasteiger partial charge in [0.15, 0.2) is 0 Å². The first kappa shape index (κ1) is 18.7. The number of hydrogen-bond donors (Lipinski definition) is 2. The summed E-state index contributed by atoms with van der Waals surface area (Å²) >= 11 is 11.8. The minimum Gasteiger partial charge on any atom is -0.322 e. The van der Waals surface area contributed by atoms with Crippen LogP contribution >= 0.6 is 23.2 Å². The number of hydrogen-bond acceptors (Lipinski definition) is 3. The zero-order chi connectivity index (χ0) is 17.9. The standard InChI is InChI=1S/C15H13Cl2FN2O3S/c1-9-7-10(18)5-6-13(9)24(22,23)19-8-14(21)20-15-11(16)3-2-4-12(15)17/h2-7,19H,8H2,1H3,(H,20,21). The molecule has 1 amide bonds. The van der Waals surface area contributed by atoms with Crippen molar-refractivity contribution in [2.24, 2.45) is 0 Å². The zero-order valence-corrected chi connectivity index (χ0v) is 14.8. The molecule has 0 atom stereocenters. The third-order valence-electron chi connectivity index (χ3n) is 3.08. The largest absolute Gasteiger partial charge is 0.322 e. The van der Waals surface area contributed by atoms with Gasteiger partial charge in [0.1, 0.15) is 5.82 Å². The van der Waals surface area contributed by atoms with Crippen molar-refractivity contribution in [1.29, 1.82) is 0 Å². The van der Waals surface area contributed by atoms with Gasteiger partial charge in [-0.05, 0) is 42.8 Å². The summed E-state index contributed by atoms with van der Waals surface area (Å²) in [6.07, 6.45) is 0.